The first kappa shape index (κ1) is 10.5. The Kier molecular flexibility index (Phi) is 2.73. The number of hydrogen-bond acceptors (Lipinski definition) is 3. The van der Waals surface area contributed by atoms with E-state index >= 15 is 0 Å². The Hall–Kier alpha value is -1.60. The highest BCUT2D eigenvalue weighted by molar-refractivity contribution is 7.94. The van der Waals surface area contributed by atoms with E-state index in [1.165, 1.54) is 6.07 Å². The van der Waals surface area contributed by atoms with Crippen molar-refractivity contribution in [2.24, 2.45) is 0 Å². The van der Waals surface area contributed by atoms with Crippen LogP contribution in [0.4, 0.5) is 0 Å². The molecule has 0 bridgehead atoms. The fourth-order valence-corrected chi connectivity index (χ4v) is 2.31. The van der Waals surface area contributed by atoms with Crippen molar-refractivity contribution in [3.63, 3.8) is 0 Å². The van der Waals surface area contributed by atoms with Crippen LogP contribution in [0.2, 0.25) is 0 Å². The molecule has 0 aliphatic rings. The molecule has 0 aromatic heterocycles. The number of sulfone groups is 1. The van der Waals surface area contributed by atoms with Gasteiger partial charge < -0.3 is 0 Å². The van der Waals surface area contributed by atoms with Gasteiger partial charge in [0.15, 0.2) is 0 Å². The summed E-state index contributed by atoms with van der Waals surface area (Å²) in [5, 5.41) is 9.61. The van der Waals surface area contributed by atoms with Crippen LogP contribution in [-0.4, -0.2) is 8.42 Å². The highest BCUT2D eigenvalue weighted by Gasteiger charge is 2.17. The van der Waals surface area contributed by atoms with E-state index in [-0.39, 0.29) is 10.5 Å². The summed E-state index contributed by atoms with van der Waals surface area (Å²) in [6.07, 6.45) is 0. The fourth-order valence-electron chi connectivity index (χ4n) is 1.20. The second kappa shape index (κ2) is 3.64. The Labute approximate surface area is 83.2 Å². The summed E-state index contributed by atoms with van der Waals surface area (Å²) < 4.78 is 23.1. The van der Waals surface area contributed by atoms with Crippen molar-refractivity contribution in [2.75, 3.05) is 0 Å². The van der Waals surface area contributed by atoms with Gasteiger partial charge in [-0.05, 0) is 18.6 Å². The highest BCUT2D eigenvalue weighted by Crippen LogP contribution is 2.21. The lowest BCUT2D eigenvalue weighted by Gasteiger charge is -2.04. The molecule has 0 aliphatic heterocycles. The minimum Gasteiger partial charge on any atom is -0.219 e. The fraction of sp³-hybridized carbons (Fsp3) is 0.100. The van der Waals surface area contributed by atoms with E-state index in [0.29, 0.717) is 5.56 Å². The van der Waals surface area contributed by atoms with Gasteiger partial charge in [0.1, 0.15) is 6.07 Å². The SMILES string of the molecule is C=CS(=O)(=O)c1c(C)cccc1C#N. The molecule has 0 radical (unpaired) electrons. The highest BCUT2D eigenvalue weighted by atomic mass is 32.2. The summed E-state index contributed by atoms with van der Waals surface area (Å²) in [4.78, 5) is 0.0532. The number of rotatable bonds is 2. The lowest BCUT2D eigenvalue weighted by atomic mass is 10.1. The van der Waals surface area contributed by atoms with Crippen molar-refractivity contribution < 1.29 is 8.42 Å². The molecule has 0 spiro atoms. The van der Waals surface area contributed by atoms with Crippen molar-refractivity contribution in [2.45, 2.75) is 11.8 Å². The standard InChI is InChI=1S/C10H9NO2S/c1-3-14(12,13)10-8(2)5-4-6-9(10)7-11/h3-6H,1H2,2H3. The Morgan fingerprint density at radius 3 is 2.64 bits per heavy atom. The summed E-state index contributed by atoms with van der Waals surface area (Å²) in [7, 11) is -3.53. The summed E-state index contributed by atoms with van der Waals surface area (Å²) in [5.41, 5.74) is 0.717. The number of nitriles is 1. The minimum absolute atomic E-state index is 0.0532. The second-order valence-corrected chi connectivity index (χ2v) is 4.61. The molecule has 0 amide bonds. The van der Waals surface area contributed by atoms with Crippen LogP contribution >= 0.6 is 0 Å². The van der Waals surface area contributed by atoms with Crippen molar-refractivity contribution in [3.05, 3.63) is 41.3 Å². The zero-order valence-electron chi connectivity index (χ0n) is 7.69. The summed E-state index contributed by atoms with van der Waals surface area (Å²) in [6.45, 7) is 4.88. The Balaban J connectivity index is 3.65. The first-order chi connectivity index (χ1) is 6.53. The molecule has 3 nitrogen and oxygen atoms in total. The molecule has 14 heavy (non-hydrogen) atoms. The van der Waals surface area contributed by atoms with E-state index in [1.807, 2.05) is 6.07 Å². The van der Waals surface area contributed by atoms with Crippen molar-refractivity contribution in [1.82, 2.24) is 0 Å². The normalized spacial score (nSPS) is 10.6. The van der Waals surface area contributed by atoms with Gasteiger partial charge in [-0.2, -0.15) is 5.26 Å². The van der Waals surface area contributed by atoms with E-state index < -0.39 is 9.84 Å². The van der Waals surface area contributed by atoms with Crippen molar-refractivity contribution in [1.29, 1.82) is 5.26 Å². The Bertz CT molecular complexity index is 509. The zero-order valence-corrected chi connectivity index (χ0v) is 8.50. The van der Waals surface area contributed by atoms with Crippen LogP contribution in [0.15, 0.2) is 35.1 Å². The van der Waals surface area contributed by atoms with Crippen molar-refractivity contribution >= 4 is 9.84 Å². The van der Waals surface area contributed by atoms with Crippen LogP contribution in [-0.2, 0) is 9.84 Å². The van der Waals surface area contributed by atoms with E-state index in [4.69, 9.17) is 5.26 Å². The lowest BCUT2D eigenvalue weighted by Crippen LogP contribution is -2.01. The van der Waals surface area contributed by atoms with Crippen LogP contribution in [0.25, 0.3) is 0 Å². The Morgan fingerprint density at radius 2 is 2.14 bits per heavy atom. The van der Waals surface area contributed by atoms with E-state index in [9.17, 15) is 8.42 Å². The van der Waals surface area contributed by atoms with Gasteiger partial charge in [0.05, 0.1) is 10.5 Å². The largest absolute Gasteiger partial charge is 0.219 e. The predicted octanol–water partition coefficient (Wildman–Crippen LogP) is 1.78. The van der Waals surface area contributed by atoms with Gasteiger partial charge in [0.25, 0.3) is 0 Å². The van der Waals surface area contributed by atoms with Gasteiger partial charge in [-0.1, -0.05) is 18.7 Å². The average Bonchev–Trinajstić information content (AvgIpc) is 2.17. The first-order valence-corrected chi connectivity index (χ1v) is 5.45. The maximum atomic E-state index is 11.5. The van der Waals surface area contributed by atoms with Crippen LogP contribution in [0, 0.1) is 18.3 Å². The molecule has 0 saturated heterocycles. The molecule has 0 fully saturated rings. The molecule has 0 saturated carbocycles. The average molecular weight is 207 g/mol. The Morgan fingerprint density at radius 1 is 1.50 bits per heavy atom. The van der Waals surface area contributed by atoms with E-state index in [1.54, 1.807) is 19.1 Å². The van der Waals surface area contributed by atoms with Crippen LogP contribution in [0.1, 0.15) is 11.1 Å². The van der Waals surface area contributed by atoms with Gasteiger partial charge in [-0.15, -0.1) is 0 Å². The van der Waals surface area contributed by atoms with Crippen LogP contribution in [0.5, 0.6) is 0 Å². The summed E-state index contributed by atoms with van der Waals surface area (Å²) in [6, 6.07) is 6.62. The molecule has 4 heteroatoms. The molecule has 0 heterocycles. The number of benzene rings is 1. The quantitative estimate of drug-likeness (QED) is 0.742. The van der Waals surface area contributed by atoms with Crippen LogP contribution in [0.3, 0.4) is 0 Å². The third kappa shape index (κ3) is 1.68. The third-order valence-electron chi connectivity index (χ3n) is 1.84. The molecule has 0 unspecified atom stereocenters. The third-order valence-corrected chi connectivity index (χ3v) is 3.39. The van der Waals surface area contributed by atoms with Gasteiger partial charge in [0.2, 0.25) is 9.84 Å². The molecule has 1 aromatic carbocycles. The second-order valence-electron chi connectivity index (χ2n) is 2.78. The minimum atomic E-state index is -3.53. The molecule has 1 aromatic rings. The lowest BCUT2D eigenvalue weighted by molar-refractivity contribution is 0.604. The molecular formula is C10H9NO2S. The molecule has 0 N–H and O–H groups in total. The smallest absolute Gasteiger partial charge is 0.200 e. The van der Waals surface area contributed by atoms with Gasteiger partial charge in [0, 0.05) is 5.41 Å². The van der Waals surface area contributed by atoms with Crippen LogP contribution < -0.4 is 0 Å². The van der Waals surface area contributed by atoms with Gasteiger partial charge in [-0.25, -0.2) is 8.42 Å². The molecule has 0 atom stereocenters. The van der Waals surface area contributed by atoms with Gasteiger partial charge in [-0.3, -0.25) is 0 Å². The zero-order chi connectivity index (χ0) is 10.8. The van der Waals surface area contributed by atoms with E-state index in [2.05, 4.69) is 6.58 Å². The maximum absolute atomic E-state index is 11.5. The molecular weight excluding hydrogens is 198 g/mol. The van der Waals surface area contributed by atoms with E-state index in [0.717, 1.165) is 5.41 Å². The maximum Gasteiger partial charge on any atom is 0.200 e. The summed E-state index contributed by atoms with van der Waals surface area (Å²) >= 11 is 0. The molecule has 0 aliphatic carbocycles. The molecule has 1 rings (SSSR count). The van der Waals surface area contributed by atoms with Crippen molar-refractivity contribution in [3.8, 4) is 6.07 Å². The first-order valence-electron chi connectivity index (χ1n) is 3.90. The molecule has 72 valence electrons. The topological polar surface area (TPSA) is 57.9 Å². The number of nitrogens with zero attached hydrogens (tertiary/aromatic N) is 1. The number of hydrogen-bond donors (Lipinski definition) is 0. The summed E-state index contributed by atoms with van der Waals surface area (Å²) in [5.74, 6) is 0. The predicted molar refractivity (Wildman–Crippen MR) is 53.3 cm³/mol. The van der Waals surface area contributed by atoms with Gasteiger partial charge >= 0.3 is 0 Å². The number of aryl methyl sites for hydroxylation is 1. The monoisotopic (exact) mass is 207 g/mol.